The van der Waals surface area contributed by atoms with Gasteiger partial charge >= 0.3 is 12.3 Å². The predicted molar refractivity (Wildman–Crippen MR) is 67.8 cm³/mol. The van der Waals surface area contributed by atoms with Gasteiger partial charge in [-0.05, 0) is 12.3 Å². The van der Waals surface area contributed by atoms with Gasteiger partial charge in [-0.3, -0.25) is 4.90 Å². The van der Waals surface area contributed by atoms with Crippen molar-refractivity contribution in [1.29, 1.82) is 0 Å². The third kappa shape index (κ3) is 4.60. The van der Waals surface area contributed by atoms with Crippen molar-refractivity contribution in [1.82, 2.24) is 10.2 Å². The average molecular weight is 284 g/mol. The van der Waals surface area contributed by atoms with E-state index in [9.17, 15) is 17.6 Å². The van der Waals surface area contributed by atoms with E-state index in [1.807, 2.05) is 20.8 Å². The number of piperazine rings is 1. The molecule has 0 spiro atoms. The van der Waals surface area contributed by atoms with Gasteiger partial charge in [-0.1, -0.05) is 27.2 Å². The van der Waals surface area contributed by atoms with Crippen LogP contribution in [0.3, 0.4) is 0 Å². The number of nitrogens with zero attached hydrogens (tertiary/aromatic N) is 1. The lowest BCUT2D eigenvalue weighted by Gasteiger charge is -2.43. The third-order valence-electron chi connectivity index (χ3n) is 3.68. The zero-order valence-electron chi connectivity index (χ0n) is 11.8. The molecule has 1 heterocycles. The van der Waals surface area contributed by atoms with E-state index in [0.717, 1.165) is 12.8 Å². The van der Waals surface area contributed by atoms with E-state index in [2.05, 4.69) is 5.32 Å². The Balaban J connectivity index is 2.71. The maximum atomic E-state index is 13.3. The minimum Gasteiger partial charge on any atom is -0.311 e. The second-order valence-electron chi connectivity index (χ2n) is 5.70. The number of alkyl halides is 4. The summed E-state index contributed by atoms with van der Waals surface area (Å²) >= 11 is 0. The van der Waals surface area contributed by atoms with Gasteiger partial charge in [-0.15, -0.1) is 0 Å². The molecule has 1 aliphatic rings. The van der Waals surface area contributed by atoms with Gasteiger partial charge < -0.3 is 5.32 Å². The fourth-order valence-electron chi connectivity index (χ4n) is 2.62. The largest absolute Gasteiger partial charge is 0.319 e. The maximum absolute atomic E-state index is 13.3. The lowest BCUT2D eigenvalue weighted by molar-refractivity contribution is -0.151. The molecule has 2 atom stereocenters. The molecule has 1 aliphatic heterocycles. The number of nitrogens with one attached hydrogen (secondary N) is 1. The Morgan fingerprint density at radius 3 is 2.42 bits per heavy atom. The van der Waals surface area contributed by atoms with E-state index in [4.69, 9.17) is 0 Å². The molecule has 0 bridgehead atoms. The van der Waals surface area contributed by atoms with Gasteiger partial charge in [0.2, 0.25) is 0 Å². The second kappa shape index (κ2) is 6.88. The molecule has 6 heteroatoms. The van der Waals surface area contributed by atoms with E-state index >= 15 is 0 Å². The predicted octanol–water partition coefficient (Wildman–Crippen LogP) is 2.99. The van der Waals surface area contributed by atoms with E-state index in [1.54, 1.807) is 0 Å². The van der Waals surface area contributed by atoms with Crippen molar-refractivity contribution >= 4 is 0 Å². The third-order valence-corrected chi connectivity index (χ3v) is 3.68. The number of halogens is 4. The van der Waals surface area contributed by atoms with Crippen LogP contribution in [-0.2, 0) is 0 Å². The molecule has 0 aromatic heterocycles. The molecule has 0 aromatic rings. The molecular weight excluding hydrogens is 260 g/mol. The summed E-state index contributed by atoms with van der Waals surface area (Å²) in [4.78, 5) is 1.54. The lowest BCUT2D eigenvalue weighted by atomic mass is 9.96. The number of rotatable bonds is 6. The Bertz CT molecular complexity index is 271. The highest BCUT2D eigenvalue weighted by Crippen LogP contribution is 2.27. The molecule has 19 heavy (non-hydrogen) atoms. The van der Waals surface area contributed by atoms with Crippen LogP contribution in [0, 0.1) is 5.92 Å². The molecule has 1 saturated heterocycles. The quantitative estimate of drug-likeness (QED) is 0.754. The summed E-state index contributed by atoms with van der Waals surface area (Å²) in [5.74, 6) is -3.77. The molecule has 1 N–H and O–H groups in total. The smallest absolute Gasteiger partial charge is 0.311 e. The number of hydrogen-bond donors (Lipinski definition) is 1. The summed E-state index contributed by atoms with van der Waals surface area (Å²) in [5, 5.41) is 3.32. The van der Waals surface area contributed by atoms with Crippen molar-refractivity contribution in [3.05, 3.63) is 0 Å². The molecular formula is C13H24F4N2. The summed E-state index contributed by atoms with van der Waals surface area (Å²) in [6.07, 6.45) is -1.77. The maximum Gasteiger partial charge on any atom is 0.319 e. The van der Waals surface area contributed by atoms with Gasteiger partial charge in [-0.25, -0.2) is 8.78 Å². The topological polar surface area (TPSA) is 15.3 Å². The van der Waals surface area contributed by atoms with Crippen LogP contribution in [0.25, 0.3) is 0 Å². The molecule has 1 rings (SSSR count). The monoisotopic (exact) mass is 284 g/mol. The molecule has 2 nitrogen and oxygen atoms in total. The van der Waals surface area contributed by atoms with Gasteiger partial charge in [0.05, 0.1) is 6.54 Å². The SMILES string of the molecule is CCCC1CN(CC(F)(F)C(F)F)C(C(C)C)CN1. The Kier molecular flexibility index (Phi) is 6.05. The number of hydrogen-bond acceptors (Lipinski definition) is 2. The van der Waals surface area contributed by atoms with Crippen molar-refractivity contribution in [3.63, 3.8) is 0 Å². The Labute approximate surface area is 112 Å². The highest BCUT2D eigenvalue weighted by molar-refractivity contribution is 4.90. The van der Waals surface area contributed by atoms with Crippen LogP contribution in [0.1, 0.15) is 33.6 Å². The van der Waals surface area contributed by atoms with Crippen molar-refractivity contribution in [2.45, 2.75) is 58.0 Å². The summed E-state index contributed by atoms with van der Waals surface area (Å²) in [5.41, 5.74) is 0. The van der Waals surface area contributed by atoms with Crippen molar-refractivity contribution < 1.29 is 17.6 Å². The zero-order valence-corrected chi connectivity index (χ0v) is 11.8. The van der Waals surface area contributed by atoms with Crippen molar-refractivity contribution in [3.8, 4) is 0 Å². The molecule has 0 saturated carbocycles. The molecule has 0 aromatic carbocycles. The summed E-state index contributed by atoms with van der Waals surface area (Å²) in [7, 11) is 0. The average Bonchev–Trinajstić information content (AvgIpc) is 2.28. The lowest BCUT2D eigenvalue weighted by Crippen LogP contribution is -2.61. The van der Waals surface area contributed by atoms with Gasteiger partial charge in [-0.2, -0.15) is 8.78 Å². The zero-order chi connectivity index (χ0) is 14.6. The van der Waals surface area contributed by atoms with E-state index < -0.39 is 18.9 Å². The van der Waals surface area contributed by atoms with Gasteiger partial charge in [0, 0.05) is 25.2 Å². The van der Waals surface area contributed by atoms with Crippen molar-refractivity contribution in [2.24, 2.45) is 5.92 Å². The normalized spacial score (nSPS) is 26.4. The fourth-order valence-corrected chi connectivity index (χ4v) is 2.62. The van der Waals surface area contributed by atoms with Crippen molar-refractivity contribution in [2.75, 3.05) is 19.6 Å². The first kappa shape index (κ1) is 16.7. The van der Waals surface area contributed by atoms with Gasteiger partial charge in [0.1, 0.15) is 0 Å². The minimum absolute atomic E-state index is 0.113. The molecule has 114 valence electrons. The van der Waals surface area contributed by atoms with Crippen LogP contribution < -0.4 is 5.32 Å². The Morgan fingerprint density at radius 1 is 1.32 bits per heavy atom. The standard InChI is InChI=1S/C13H24F4N2/c1-4-5-10-7-19(8-13(16,17)12(14)15)11(6-18-10)9(2)3/h9-12,18H,4-8H2,1-3H3. The van der Waals surface area contributed by atoms with Crippen LogP contribution in [0.5, 0.6) is 0 Å². The molecule has 0 radical (unpaired) electrons. The van der Waals surface area contributed by atoms with Crippen LogP contribution in [0.15, 0.2) is 0 Å². The van der Waals surface area contributed by atoms with Crippen LogP contribution in [0.2, 0.25) is 0 Å². The second-order valence-corrected chi connectivity index (χ2v) is 5.70. The first-order valence-electron chi connectivity index (χ1n) is 6.91. The fraction of sp³-hybridized carbons (Fsp3) is 1.00. The Hall–Kier alpha value is -0.360. The summed E-state index contributed by atoms with van der Waals surface area (Å²) < 4.78 is 51.2. The highest BCUT2D eigenvalue weighted by Gasteiger charge is 2.45. The Morgan fingerprint density at radius 2 is 1.95 bits per heavy atom. The van der Waals surface area contributed by atoms with Gasteiger partial charge in [0.25, 0.3) is 0 Å². The van der Waals surface area contributed by atoms with Crippen LogP contribution >= 0.6 is 0 Å². The minimum atomic E-state index is -3.93. The summed E-state index contributed by atoms with van der Waals surface area (Å²) in [6.45, 7) is 6.03. The van der Waals surface area contributed by atoms with Crippen LogP contribution in [-0.4, -0.2) is 49.0 Å². The summed E-state index contributed by atoms with van der Waals surface area (Å²) in [6, 6.07) is 0.00574. The van der Waals surface area contributed by atoms with Gasteiger partial charge in [0.15, 0.2) is 0 Å². The highest BCUT2D eigenvalue weighted by atomic mass is 19.3. The first-order chi connectivity index (χ1) is 8.77. The molecule has 1 fully saturated rings. The molecule has 0 aliphatic carbocycles. The van der Waals surface area contributed by atoms with E-state index in [-0.39, 0.29) is 18.0 Å². The molecule has 2 unspecified atom stereocenters. The van der Waals surface area contributed by atoms with E-state index in [1.165, 1.54) is 4.90 Å². The first-order valence-corrected chi connectivity index (χ1v) is 6.91. The molecule has 0 amide bonds. The van der Waals surface area contributed by atoms with Crippen LogP contribution in [0.4, 0.5) is 17.6 Å². The van der Waals surface area contributed by atoms with E-state index in [0.29, 0.717) is 13.1 Å².